The zero-order valence-corrected chi connectivity index (χ0v) is 14.8. The summed E-state index contributed by atoms with van der Waals surface area (Å²) in [6, 6.07) is 10.9. The minimum Gasteiger partial charge on any atom is -0.491 e. The third kappa shape index (κ3) is 5.20. The van der Waals surface area contributed by atoms with Crippen molar-refractivity contribution in [1.82, 2.24) is 0 Å². The van der Waals surface area contributed by atoms with Gasteiger partial charge in [-0.2, -0.15) is 0 Å². The number of anilines is 2. The average molecular weight is 360 g/mol. The predicted molar refractivity (Wildman–Crippen MR) is 97.1 cm³/mol. The van der Waals surface area contributed by atoms with E-state index in [4.69, 9.17) is 4.74 Å². The molecular weight excluding hydrogens is 339 g/mol. The standard InChI is InChI=1S/C19H21FN2O4/c1-12(2)26-13-8-9-17(15(20)10-13)21-11-18(23)22-16-7-5-4-6-14(16)19(24)25-3/h4-10,12,21H,11H2,1-3H3,(H,22,23). The molecule has 6 nitrogen and oxygen atoms in total. The molecule has 0 spiro atoms. The number of carbonyl (C=O) groups excluding carboxylic acids is 2. The van der Waals surface area contributed by atoms with Crippen molar-refractivity contribution >= 4 is 23.3 Å². The van der Waals surface area contributed by atoms with E-state index < -0.39 is 17.7 Å². The number of nitrogens with one attached hydrogen (secondary N) is 2. The SMILES string of the molecule is COC(=O)c1ccccc1NC(=O)CNc1ccc(OC(C)C)cc1F. The summed E-state index contributed by atoms with van der Waals surface area (Å²) in [4.78, 5) is 23.8. The van der Waals surface area contributed by atoms with E-state index in [9.17, 15) is 14.0 Å². The summed E-state index contributed by atoms with van der Waals surface area (Å²) in [6.07, 6.45) is -0.0612. The van der Waals surface area contributed by atoms with E-state index in [0.717, 1.165) is 0 Å². The van der Waals surface area contributed by atoms with E-state index in [-0.39, 0.29) is 23.9 Å². The summed E-state index contributed by atoms with van der Waals surface area (Å²) >= 11 is 0. The number of amides is 1. The first-order valence-corrected chi connectivity index (χ1v) is 8.08. The largest absolute Gasteiger partial charge is 0.491 e. The lowest BCUT2D eigenvalue weighted by molar-refractivity contribution is -0.114. The molecule has 26 heavy (non-hydrogen) atoms. The third-order valence-corrected chi connectivity index (χ3v) is 3.36. The van der Waals surface area contributed by atoms with Crippen molar-refractivity contribution in [1.29, 1.82) is 0 Å². The number of rotatable bonds is 7. The number of hydrogen-bond donors (Lipinski definition) is 2. The molecule has 0 aromatic heterocycles. The normalized spacial score (nSPS) is 10.3. The summed E-state index contributed by atoms with van der Waals surface area (Å²) in [5.41, 5.74) is 0.745. The van der Waals surface area contributed by atoms with E-state index >= 15 is 0 Å². The Bertz CT molecular complexity index is 793. The van der Waals surface area contributed by atoms with Gasteiger partial charge in [-0.25, -0.2) is 9.18 Å². The zero-order valence-electron chi connectivity index (χ0n) is 14.8. The molecule has 0 bridgehead atoms. The van der Waals surface area contributed by atoms with E-state index in [2.05, 4.69) is 15.4 Å². The van der Waals surface area contributed by atoms with Crippen LogP contribution >= 0.6 is 0 Å². The van der Waals surface area contributed by atoms with E-state index in [1.807, 2.05) is 13.8 Å². The highest BCUT2D eigenvalue weighted by molar-refractivity contribution is 6.02. The van der Waals surface area contributed by atoms with Crippen LogP contribution in [0.15, 0.2) is 42.5 Å². The second-order valence-corrected chi connectivity index (χ2v) is 5.75. The number of benzene rings is 2. The molecule has 138 valence electrons. The van der Waals surface area contributed by atoms with Crippen molar-refractivity contribution in [3.05, 3.63) is 53.8 Å². The van der Waals surface area contributed by atoms with Crippen LogP contribution in [0.5, 0.6) is 5.75 Å². The van der Waals surface area contributed by atoms with Gasteiger partial charge in [0, 0.05) is 6.07 Å². The molecule has 0 atom stereocenters. The van der Waals surface area contributed by atoms with Gasteiger partial charge in [0.05, 0.1) is 36.7 Å². The van der Waals surface area contributed by atoms with E-state index in [0.29, 0.717) is 11.4 Å². The van der Waals surface area contributed by atoms with Crippen LogP contribution in [0.2, 0.25) is 0 Å². The Morgan fingerprint density at radius 1 is 1.12 bits per heavy atom. The molecule has 7 heteroatoms. The monoisotopic (exact) mass is 360 g/mol. The number of halogens is 1. The lowest BCUT2D eigenvalue weighted by Gasteiger charge is -2.13. The first-order valence-electron chi connectivity index (χ1n) is 8.08. The highest BCUT2D eigenvalue weighted by atomic mass is 19.1. The fraction of sp³-hybridized carbons (Fsp3) is 0.263. The van der Waals surface area contributed by atoms with Crippen molar-refractivity contribution in [2.24, 2.45) is 0 Å². The number of hydrogen-bond acceptors (Lipinski definition) is 5. The Kier molecular flexibility index (Phi) is 6.54. The van der Waals surface area contributed by atoms with Gasteiger partial charge in [0.1, 0.15) is 11.6 Å². The molecule has 0 saturated heterocycles. The maximum Gasteiger partial charge on any atom is 0.339 e. The molecule has 2 rings (SSSR count). The summed E-state index contributed by atoms with van der Waals surface area (Å²) in [6.45, 7) is 3.53. The van der Waals surface area contributed by atoms with Crippen LogP contribution < -0.4 is 15.4 Å². The Morgan fingerprint density at radius 2 is 1.85 bits per heavy atom. The molecule has 0 heterocycles. The fourth-order valence-electron chi connectivity index (χ4n) is 2.23. The van der Waals surface area contributed by atoms with Gasteiger partial charge in [0.15, 0.2) is 0 Å². The van der Waals surface area contributed by atoms with Crippen LogP contribution in [-0.4, -0.2) is 31.6 Å². The first kappa shape index (κ1) is 19.2. The second kappa shape index (κ2) is 8.84. The molecule has 0 unspecified atom stereocenters. The lowest BCUT2D eigenvalue weighted by atomic mass is 10.2. The number of esters is 1. The average Bonchev–Trinajstić information content (AvgIpc) is 2.60. The van der Waals surface area contributed by atoms with Crippen molar-refractivity contribution in [2.45, 2.75) is 20.0 Å². The van der Waals surface area contributed by atoms with Crippen LogP contribution in [0.25, 0.3) is 0 Å². The van der Waals surface area contributed by atoms with Crippen LogP contribution in [0.3, 0.4) is 0 Å². The molecule has 2 aromatic rings. The van der Waals surface area contributed by atoms with Crippen LogP contribution in [-0.2, 0) is 9.53 Å². The predicted octanol–water partition coefficient (Wildman–Crippen LogP) is 3.45. The highest BCUT2D eigenvalue weighted by Crippen LogP contribution is 2.21. The maximum absolute atomic E-state index is 14.1. The molecule has 0 saturated carbocycles. The van der Waals surface area contributed by atoms with E-state index in [1.165, 1.54) is 19.2 Å². The molecular formula is C19H21FN2O4. The Labute approximate surface area is 151 Å². The molecule has 0 radical (unpaired) electrons. The minimum absolute atomic E-state index is 0.0612. The second-order valence-electron chi connectivity index (χ2n) is 5.75. The van der Waals surface area contributed by atoms with Gasteiger partial charge in [-0.15, -0.1) is 0 Å². The van der Waals surface area contributed by atoms with Crippen molar-refractivity contribution in [3.8, 4) is 5.75 Å². The van der Waals surface area contributed by atoms with Crippen LogP contribution in [0.1, 0.15) is 24.2 Å². The molecule has 2 N–H and O–H groups in total. The van der Waals surface area contributed by atoms with Crippen molar-refractivity contribution in [3.63, 3.8) is 0 Å². The van der Waals surface area contributed by atoms with Gasteiger partial charge < -0.3 is 20.1 Å². The third-order valence-electron chi connectivity index (χ3n) is 3.36. The maximum atomic E-state index is 14.1. The number of methoxy groups -OCH3 is 1. The Hall–Kier alpha value is -3.09. The zero-order chi connectivity index (χ0) is 19.1. The first-order chi connectivity index (χ1) is 12.4. The highest BCUT2D eigenvalue weighted by Gasteiger charge is 2.13. The van der Waals surface area contributed by atoms with Gasteiger partial charge in [0.2, 0.25) is 5.91 Å². The molecule has 1 amide bonds. The molecule has 0 aliphatic carbocycles. The number of ether oxygens (including phenoxy) is 2. The summed E-state index contributed by atoms with van der Waals surface area (Å²) in [5.74, 6) is -1.09. The topological polar surface area (TPSA) is 76.7 Å². The summed E-state index contributed by atoms with van der Waals surface area (Å²) < 4.78 is 24.1. The summed E-state index contributed by atoms with van der Waals surface area (Å²) in [7, 11) is 1.26. The molecule has 0 aliphatic rings. The van der Waals surface area contributed by atoms with Crippen LogP contribution in [0.4, 0.5) is 15.8 Å². The Morgan fingerprint density at radius 3 is 2.50 bits per heavy atom. The van der Waals surface area contributed by atoms with Gasteiger partial charge in [-0.05, 0) is 38.1 Å². The number of carbonyl (C=O) groups is 2. The lowest BCUT2D eigenvalue weighted by Crippen LogP contribution is -2.23. The van der Waals surface area contributed by atoms with E-state index in [1.54, 1.807) is 30.3 Å². The van der Waals surface area contributed by atoms with Crippen molar-refractivity contribution < 1.29 is 23.5 Å². The van der Waals surface area contributed by atoms with Gasteiger partial charge in [-0.3, -0.25) is 4.79 Å². The summed E-state index contributed by atoms with van der Waals surface area (Å²) in [5, 5.41) is 5.32. The number of para-hydroxylation sites is 1. The van der Waals surface area contributed by atoms with Gasteiger partial charge in [0.25, 0.3) is 0 Å². The van der Waals surface area contributed by atoms with Gasteiger partial charge in [-0.1, -0.05) is 12.1 Å². The minimum atomic E-state index is -0.555. The molecule has 0 aliphatic heterocycles. The molecule has 0 fully saturated rings. The van der Waals surface area contributed by atoms with Gasteiger partial charge >= 0.3 is 5.97 Å². The quantitative estimate of drug-likeness (QED) is 0.740. The molecule has 2 aromatic carbocycles. The van der Waals surface area contributed by atoms with Crippen LogP contribution in [0, 0.1) is 5.82 Å². The Balaban J connectivity index is 1.98. The van der Waals surface area contributed by atoms with Crippen molar-refractivity contribution in [2.75, 3.05) is 24.3 Å². The smallest absolute Gasteiger partial charge is 0.339 e. The fourth-order valence-corrected chi connectivity index (χ4v) is 2.23.